The molecule has 0 unspecified atom stereocenters. The van der Waals surface area contributed by atoms with Gasteiger partial charge in [0, 0.05) is 0 Å². The first-order valence-electron chi connectivity index (χ1n) is 5.09. The molecule has 0 radical (unpaired) electrons. The van der Waals surface area contributed by atoms with Gasteiger partial charge in [-0.25, -0.2) is 4.39 Å². The van der Waals surface area contributed by atoms with E-state index in [1.54, 1.807) is 0 Å². The Hall–Kier alpha value is -1.63. The number of primary amides is 1. The van der Waals surface area contributed by atoms with E-state index in [9.17, 15) is 22.4 Å². The maximum absolute atomic E-state index is 12.8. The largest absolute Gasteiger partial charge is 0.407 e. The van der Waals surface area contributed by atoms with E-state index in [0.717, 1.165) is 24.3 Å². The van der Waals surface area contributed by atoms with Crippen LogP contribution in [0, 0.1) is 5.82 Å². The van der Waals surface area contributed by atoms with Crippen LogP contribution in [0.15, 0.2) is 24.3 Å². The molecule has 100 valence electrons. The zero-order valence-electron chi connectivity index (χ0n) is 9.46. The monoisotopic (exact) mass is 264 g/mol. The van der Waals surface area contributed by atoms with Crippen LogP contribution in [0.5, 0.6) is 0 Å². The molecule has 1 rings (SSSR count). The maximum Gasteiger partial charge on any atom is 0.407 e. The number of amides is 1. The first-order valence-corrected chi connectivity index (χ1v) is 5.09. The topological polar surface area (TPSA) is 55.1 Å². The van der Waals surface area contributed by atoms with Crippen molar-refractivity contribution in [1.82, 2.24) is 5.32 Å². The van der Waals surface area contributed by atoms with Crippen LogP contribution in [0.3, 0.4) is 0 Å². The Bertz CT molecular complexity index is 416. The molecular weight excluding hydrogens is 252 g/mol. The lowest BCUT2D eigenvalue weighted by Gasteiger charge is -2.24. The van der Waals surface area contributed by atoms with Gasteiger partial charge in [0.1, 0.15) is 11.9 Å². The lowest BCUT2D eigenvalue weighted by atomic mass is 10.1. The number of carbonyl (C=O) groups excluding carboxylic acids is 1. The highest BCUT2D eigenvalue weighted by Crippen LogP contribution is 2.33. The summed E-state index contributed by atoms with van der Waals surface area (Å²) >= 11 is 0. The van der Waals surface area contributed by atoms with Crippen molar-refractivity contribution in [3.8, 4) is 0 Å². The number of nitrogens with one attached hydrogen (secondary N) is 1. The molecule has 1 amide bonds. The van der Waals surface area contributed by atoms with Crippen molar-refractivity contribution in [2.24, 2.45) is 5.73 Å². The van der Waals surface area contributed by atoms with Gasteiger partial charge in [-0.15, -0.1) is 0 Å². The molecule has 0 aliphatic rings. The third-order valence-corrected chi connectivity index (χ3v) is 2.37. The fourth-order valence-electron chi connectivity index (χ4n) is 1.37. The molecule has 0 spiro atoms. The maximum atomic E-state index is 12.8. The van der Waals surface area contributed by atoms with E-state index in [4.69, 9.17) is 5.73 Å². The van der Waals surface area contributed by atoms with E-state index >= 15 is 0 Å². The van der Waals surface area contributed by atoms with Gasteiger partial charge in [0.15, 0.2) is 0 Å². The van der Waals surface area contributed by atoms with Crippen LogP contribution < -0.4 is 11.1 Å². The van der Waals surface area contributed by atoms with Gasteiger partial charge in [-0.3, -0.25) is 10.1 Å². The van der Waals surface area contributed by atoms with Gasteiger partial charge >= 0.3 is 6.18 Å². The molecule has 0 heterocycles. The van der Waals surface area contributed by atoms with E-state index < -0.39 is 30.0 Å². The fraction of sp³-hybridized carbons (Fsp3) is 0.364. The molecular formula is C11H12F4N2O. The van der Waals surface area contributed by atoms with Crippen molar-refractivity contribution in [3.05, 3.63) is 35.6 Å². The van der Waals surface area contributed by atoms with E-state index in [0.29, 0.717) is 0 Å². The Morgan fingerprint density at radius 3 is 2.17 bits per heavy atom. The second kappa shape index (κ2) is 5.34. The molecule has 0 saturated carbocycles. The second-order valence-electron chi connectivity index (χ2n) is 3.82. The molecule has 0 fully saturated rings. The second-order valence-corrected chi connectivity index (χ2v) is 3.82. The number of hydrogen-bond donors (Lipinski definition) is 2. The first-order chi connectivity index (χ1) is 8.21. The number of carbonyl (C=O) groups is 1. The Morgan fingerprint density at radius 2 is 1.78 bits per heavy atom. The fourth-order valence-corrected chi connectivity index (χ4v) is 1.37. The molecule has 0 saturated heterocycles. The van der Waals surface area contributed by atoms with Crippen LogP contribution in [0.2, 0.25) is 0 Å². The number of nitrogens with two attached hydrogens (primary N) is 1. The van der Waals surface area contributed by atoms with Crippen LogP contribution in [-0.4, -0.2) is 18.1 Å². The molecule has 0 aromatic heterocycles. The highest BCUT2D eigenvalue weighted by atomic mass is 19.4. The Labute approximate surface area is 101 Å². The lowest BCUT2D eigenvalue weighted by Crippen LogP contribution is -2.45. The predicted octanol–water partition coefficient (Wildman–Crippen LogP) is 1.89. The summed E-state index contributed by atoms with van der Waals surface area (Å²) in [5, 5.41) is 2.07. The summed E-state index contributed by atoms with van der Waals surface area (Å²) in [6, 6.07) is 0.639. The minimum absolute atomic E-state index is 0.183. The summed E-state index contributed by atoms with van der Waals surface area (Å²) in [6.45, 7) is 1.23. The number of halogens is 4. The van der Waals surface area contributed by atoms with Crippen LogP contribution in [0.25, 0.3) is 0 Å². The van der Waals surface area contributed by atoms with Crippen molar-refractivity contribution >= 4 is 5.91 Å². The highest BCUT2D eigenvalue weighted by Gasteiger charge is 2.41. The molecule has 1 aromatic carbocycles. The van der Waals surface area contributed by atoms with Crippen molar-refractivity contribution < 1.29 is 22.4 Å². The molecule has 18 heavy (non-hydrogen) atoms. The van der Waals surface area contributed by atoms with Gasteiger partial charge in [-0.05, 0) is 24.6 Å². The van der Waals surface area contributed by atoms with Crippen LogP contribution in [-0.2, 0) is 4.79 Å². The number of benzene rings is 1. The quantitative estimate of drug-likeness (QED) is 0.816. The van der Waals surface area contributed by atoms with E-state index in [-0.39, 0.29) is 5.56 Å². The summed E-state index contributed by atoms with van der Waals surface area (Å²) < 4.78 is 51.1. The highest BCUT2D eigenvalue weighted by molar-refractivity contribution is 5.79. The average Bonchev–Trinajstić information content (AvgIpc) is 2.25. The minimum atomic E-state index is -4.61. The number of hydrogen-bond acceptors (Lipinski definition) is 2. The molecule has 3 nitrogen and oxygen atoms in total. The summed E-state index contributed by atoms with van der Waals surface area (Å²) in [7, 11) is 0. The van der Waals surface area contributed by atoms with Crippen LogP contribution >= 0.6 is 0 Å². The summed E-state index contributed by atoms with van der Waals surface area (Å²) in [5.41, 5.74) is 4.72. The molecule has 0 aliphatic heterocycles. The lowest BCUT2D eigenvalue weighted by molar-refractivity contribution is -0.160. The van der Waals surface area contributed by atoms with E-state index in [2.05, 4.69) is 5.32 Å². The van der Waals surface area contributed by atoms with Gasteiger partial charge < -0.3 is 5.73 Å². The van der Waals surface area contributed by atoms with Crippen molar-refractivity contribution in [2.45, 2.75) is 25.2 Å². The van der Waals surface area contributed by atoms with Gasteiger partial charge in [0.05, 0.1) is 6.04 Å². The molecule has 3 N–H and O–H groups in total. The van der Waals surface area contributed by atoms with Crippen molar-refractivity contribution in [3.63, 3.8) is 0 Å². The normalized spacial score (nSPS) is 15.2. The molecule has 0 bridgehead atoms. The Kier molecular flexibility index (Phi) is 4.28. The van der Waals surface area contributed by atoms with Gasteiger partial charge in [0.25, 0.3) is 0 Å². The SMILES string of the molecule is C[C@@H](N[C@@H](c1ccc(F)cc1)C(F)(F)F)C(N)=O. The molecule has 7 heteroatoms. The molecule has 1 aromatic rings. The number of alkyl halides is 3. The number of rotatable bonds is 4. The first kappa shape index (κ1) is 14.4. The van der Waals surface area contributed by atoms with Gasteiger partial charge in [-0.2, -0.15) is 13.2 Å². The summed E-state index contributed by atoms with van der Waals surface area (Å²) in [4.78, 5) is 10.8. The zero-order chi connectivity index (χ0) is 13.9. The zero-order valence-corrected chi connectivity index (χ0v) is 9.46. The summed E-state index contributed by atoms with van der Waals surface area (Å²) in [6.07, 6.45) is -4.61. The Balaban J connectivity index is 2.99. The molecule has 0 aliphatic carbocycles. The smallest absolute Gasteiger partial charge is 0.368 e. The Morgan fingerprint density at radius 1 is 1.28 bits per heavy atom. The van der Waals surface area contributed by atoms with E-state index in [1.807, 2.05) is 0 Å². The van der Waals surface area contributed by atoms with Crippen LogP contribution in [0.1, 0.15) is 18.5 Å². The summed E-state index contributed by atoms with van der Waals surface area (Å²) in [5.74, 6) is -1.53. The van der Waals surface area contributed by atoms with Gasteiger partial charge in [-0.1, -0.05) is 12.1 Å². The van der Waals surface area contributed by atoms with Crippen molar-refractivity contribution in [1.29, 1.82) is 0 Å². The molecule has 2 atom stereocenters. The average molecular weight is 264 g/mol. The van der Waals surface area contributed by atoms with Gasteiger partial charge in [0.2, 0.25) is 5.91 Å². The van der Waals surface area contributed by atoms with Crippen LogP contribution in [0.4, 0.5) is 17.6 Å². The third-order valence-electron chi connectivity index (χ3n) is 2.37. The minimum Gasteiger partial charge on any atom is -0.368 e. The van der Waals surface area contributed by atoms with E-state index in [1.165, 1.54) is 6.92 Å². The standard InChI is InChI=1S/C11H12F4N2O/c1-6(10(16)18)17-9(11(13,14)15)7-2-4-8(12)5-3-7/h2-6,9,17H,1H3,(H2,16,18)/t6-,9+/m1/s1. The van der Waals surface area contributed by atoms with Crippen molar-refractivity contribution in [2.75, 3.05) is 0 Å². The predicted molar refractivity (Wildman–Crippen MR) is 57.0 cm³/mol. The third kappa shape index (κ3) is 3.69.